The van der Waals surface area contributed by atoms with Gasteiger partial charge in [0, 0.05) is 35.6 Å². The molecule has 12 aromatic rings. The van der Waals surface area contributed by atoms with Crippen LogP contribution in [-0.2, 0) is 26.9 Å². The van der Waals surface area contributed by atoms with E-state index in [-0.39, 0.29) is 19.8 Å². The molecular weight excluding hydrogens is 843 g/mol. The molecule has 0 atom stereocenters. The molecule has 0 saturated heterocycles. The molecule has 6 heterocycles. The standard InChI is InChI=1S/C18H15N3O.C17H15N5O.C16H13N5O/c22-13-14-10-11-20(12-14)18-16-8-4-5-9-17(16)21(19-18)15-6-2-1-3-7-15;1-21-15(11-23)18-19-17(21)16-13-9-5-6-10-14(13)22(20-16)12-7-3-2-4-8-12;22-10-15-17-11-20(18-15)16-13-8-4-5-9-14(13)21(19-16)12-6-2-1-3-7-12/h1-12,22H,13H2;2-10,23H,11H2,1H3;1-9,11,22H,10H2. The molecule has 0 aliphatic heterocycles. The Morgan fingerprint density at radius 2 is 0.955 bits per heavy atom. The molecule has 330 valence electrons. The van der Waals surface area contributed by atoms with E-state index in [1.54, 1.807) is 15.6 Å². The molecule has 0 saturated carbocycles. The van der Waals surface area contributed by atoms with Crippen molar-refractivity contribution in [3.63, 3.8) is 0 Å². The Morgan fingerprint density at radius 3 is 1.46 bits per heavy atom. The van der Waals surface area contributed by atoms with Crippen molar-refractivity contribution in [3.8, 4) is 40.2 Å². The predicted octanol–water partition coefficient (Wildman–Crippen LogP) is 7.72. The average Bonchev–Trinajstić information content (AvgIpc) is 4.27. The number of aliphatic hydroxyl groups excluding tert-OH is 3. The summed E-state index contributed by atoms with van der Waals surface area (Å²) in [6, 6.07) is 56.0. The molecule has 6 aromatic heterocycles. The van der Waals surface area contributed by atoms with Crippen LogP contribution >= 0.6 is 0 Å². The zero-order valence-corrected chi connectivity index (χ0v) is 36.2. The van der Waals surface area contributed by atoms with Gasteiger partial charge in [0.1, 0.15) is 25.2 Å². The lowest BCUT2D eigenvalue weighted by Crippen LogP contribution is -2.00. The lowest BCUT2D eigenvalue weighted by molar-refractivity contribution is 0.267. The number of fused-ring (bicyclic) bond motifs is 3. The third-order valence-corrected chi connectivity index (χ3v) is 11.1. The second-order valence-electron chi connectivity index (χ2n) is 15.3. The topological polar surface area (TPSA) is 180 Å². The Morgan fingerprint density at radius 1 is 0.463 bits per heavy atom. The lowest BCUT2D eigenvalue weighted by atomic mass is 10.2. The summed E-state index contributed by atoms with van der Waals surface area (Å²) in [6.07, 6.45) is 5.40. The van der Waals surface area contributed by atoms with E-state index in [4.69, 9.17) is 15.3 Å². The maximum atomic E-state index is 9.33. The minimum absolute atomic E-state index is 0.0321. The van der Waals surface area contributed by atoms with Crippen molar-refractivity contribution in [3.05, 3.63) is 206 Å². The molecule has 0 spiro atoms. The fourth-order valence-electron chi connectivity index (χ4n) is 7.83. The lowest BCUT2D eigenvalue weighted by Gasteiger charge is -2.02. The summed E-state index contributed by atoms with van der Waals surface area (Å²) in [7, 11) is 1.83. The molecule has 12 rings (SSSR count). The van der Waals surface area contributed by atoms with Gasteiger partial charge in [-0.3, -0.25) is 0 Å². The van der Waals surface area contributed by atoms with Crippen molar-refractivity contribution in [1.29, 1.82) is 0 Å². The molecule has 0 unspecified atom stereocenters. The van der Waals surface area contributed by atoms with Crippen LogP contribution in [0, 0.1) is 0 Å². The summed E-state index contributed by atoms with van der Waals surface area (Å²) in [6.45, 7) is -0.310. The van der Waals surface area contributed by atoms with Crippen molar-refractivity contribution in [2.75, 3.05) is 0 Å². The molecule has 0 bridgehead atoms. The van der Waals surface area contributed by atoms with Crippen LogP contribution in [0.2, 0.25) is 0 Å². The van der Waals surface area contributed by atoms with Crippen LogP contribution in [0.1, 0.15) is 17.2 Å². The second kappa shape index (κ2) is 18.7. The zero-order chi connectivity index (χ0) is 45.7. The first kappa shape index (κ1) is 42.1. The van der Waals surface area contributed by atoms with E-state index in [1.807, 2.05) is 196 Å². The third kappa shape index (κ3) is 8.26. The van der Waals surface area contributed by atoms with Gasteiger partial charge in [-0.25, -0.2) is 19.0 Å². The Labute approximate surface area is 383 Å². The summed E-state index contributed by atoms with van der Waals surface area (Å²) in [4.78, 5) is 4.05. The van der Waals surface area contributed by atoms with Gasteiger partial charge in [0.05, 0.1) is 40.2 Å². The Kier molecular flexibility index (Phi) is 11.8. The van der Waals surface area contributed by atoms with E-state index in [2.05, 4.69) is 37.5 Å². The number of aliphatic hydroxyl groups is 3. The molecule has 6 aromatic carbocycles. The van der Waals surface area contributed by atoms with Crippen molar-refractivity contribution >= 4 is 32.7 Å². The smallest absolute Gasteiger partial charge is 0.185 e. The van der Waals surface area contributed by atoms with Crippen molar-refractivity contribution in [1.82, 2.24) is 63.4 Å². The Bertz CT molecular complexity index is 3410. The second-order valence-corrected chi connectivity index (χ2v) is 15.3. The van der Waals surface area contributed by atoms with Gasteiger partial charge < -0.3 is 24.5 Å². The fraction of sp³-hybridized carbons (Fsp3) is 0.0784. The Hall–Kier alpha value is -8.83. The van der Waals surface area contributed by atoms with Gasteiger partial charge in [-0.15, -0.1) is 25.5 Å². The third-order valence-electron chi connectivity index (χ3n) is 11.1. The van der Waals surface area contributed by atoms with Gasteiger partial charge in [0.2, 0.25) is 0 Å². The van der Waals surface area contributed by atoms with Gasteiger partial charge in [0.15, 0.2) is 29.1 Å². The molecular formula is C51H43N13O3. The molecule has 67 heavy (non-hydrogen) atoms. The molecule has 0 amide bonds. The fourth-order valence-corrected chi connectivity index (χ4v) is 7.83. The van der Waals surface area contributed by atoms with Gasteiger partial charge in [-0.2, -0.15) is 9.78 Å². The molecule has 0 aliphatic carbocycles. The van der Waals surface area contributed by atoms with Crippen molar-refractivity contribution in [2.24, 2.45) is 7.05 Å². The largest absolute Gasteiger partial charge is 0.392 e. The van der Waals surface area contributed by atoms with E-state index in [9.17, 15) is 10.2 Å². The van der Waals surface area contributed by atoms with E-state index in [0.717, 1.165) is 66.8 Å². The van der Waals surface area contributed by atoms with Crippen LogP contribution in [0.15, 0.2) is 189 Å². The molecule has 0 radical (unpaired) electrons. The van der Waals surface area contributed by atoms with Crippen LogP contribution in [0.25, 0.3) is 72.9 Å². The first-order chi connectivity index (χ1) is 33.0. The summed E-state index contributed by atoms with van der Waals surface area (Å²) in [5.74, 6) is 3.07. The number of rotatable bonds is 9. The van der Waals surface area contributed by atoms with E-state index < -0.39 is 0 Å². The van der Waals surface area contributed by atoms with Gasteiger partial charge >= 0.3 is 0 Å². The normalized spacial score (nSPS) is 11.2. The van der Waals surface area contributed by atoms with Gasteiger partial charge in [-0.1, -0.05) is 97.1 Å². The van der Waals surface area contributed by atoms with Crippen molar-refractivity contribution < 1.29 is 15.3 Å². The average molecular weight is 886 g/mol. The van der Waals surface area contributed by atoms with Crippen LogP contribution < -0.4 is 0 Å². The van der Waals surface area contributed by atoms with Crippen molar-refractivity contribution in [2.45, 2.75) is 19.8 Å². The molecule has 16 heteroatoms. The van der Waals surface area contributed by atoms with Crippen LogP contribution in [0.5, 0.6) is 0 Å². The Balaban J connectivity index is 0.000000118. The SMILES string of the molecule is Cn1c(CO)nnc1-c1nn(-c2ccccc2)c2ccccc12.OCc1ccn(-c2nn(-c3ccccc3)c3ccccc23)c1.OCc1ncn(-c2nn(-c3ccccc3)c3ccccc23)n1. The molecule has 0 fully saturated rings. The number of hydrogen-bond donors (Lipinski definition) is 3. The summed E-state index contributed by atoms with van der Waals surface area (Å²) in [5, 5.41) is 57.4. The molecule has 0 aliphatic rings. The number of benzene rings is 6. The number of nitrogens with zero attached hydrogens (tertiary/aromatic N) is 13. The van der Waals surface area contributed by atoms with E-state index in [1.165, 1.54) is 0 Å². The maximum absolute atomic E-state index is 9.33. The highest BCUT2D eigenvalue weighted by molar-refractivity contribution is 5.93. The molecule has 16 nitrogen and oxygen atoms in total. The van der Waals surface area contributed by atoms with E-state index in [0.29, 0.717) is 23.3 Å². The minimum Gasteiger partial charge on any atom is -0.392 e. The summed E-state index contributed by atoms with van der Waals surface area (Å²) in [5.41, 5.74) is 7.67. The quantitative estimate of drug-likeness (QED) is 0.130. The minimum atomic E-state index is -0.190. The zero-order valence-electron chi connectivity index (χ0n) is 36.2. The van der Waals surface area contributed by atoms with E-state index >= 15 is 0 Å². The first-order valence-electron chi connectivity index (χ1n) is 21.4. The highest BCUT2D eigenvalue weighted by Crippen LogP contribution is 2.30. The number of para-hydroxylation sites is 6. The van der Waals surface area contributed by atoms with Crippen LogP contribution in [-0.4, -0.2) is 78.8 Å². The van der Waals surface area contributed by atoms with Crippen LogP contribution in [0.3, 0.4) is 0 Å². The number of hydrogen-bond acceptors (Lipinski definition) is 10. The maximum Gasteiger partial charge on any atom is 0.185 e. The summed E-state index contributed by atoms with van der Waals surface area (Å²) < 4.78 is 11.0. The highest BCUT2D eigenvalue weighted by atomic mass is 16.3. The van der Waals surface area contributed by atoms with Gasteiger partial charge in [0.25, 0.3) is 0 Å². The monoisotopic (exact) mass is 885 g/mol. The predicted molar refractivity (Wildman–Crippen MR) is 255 cm³/mol. The summed E-state index contributed by atoms with van der Waals surface area (Å²) >= 11 is 0. The van der Waals surface area contributed by atoms with Gasteiger partial charge in [-0.05, 0) is 78.4 Å². The molecule has 3 N–H and O–H groups in total. The van der Waals surface area contributed by atoms with Crippen LogP contribution in [0.4, 0.5) is 0 Å². The highest BCUT2D eigenvalue weighted by Gasteiger charge is 2.19. The number of aromatic nitrogens is 13. The first-order valence-corrected chi connectivity index (χ1v) is 21.4.